The fourth-order valence-corrected chi connectivity index (χ4v) is 2.65. The number of alkyl halides is 1. The van der Waals surface area contributed by atoms with Gasteiger partial charge in [-0.1, -0.05) is 72.3 Å². The van der Waals surface area contributed by atoms with Gasteiger partial charge < -0.3 is 19.9 Å². The highest BCUT2D eigenvalue weighted by atomic mass is 35.5. The second kappa shape index (κ2) is 10.9. The van der Waals surface area contributed by atoms with Crippen molar-refractivity contribution >= 4 is 29.6 Å². The molecule has 148 valence electrons. The summed E-state index contributed by atoms with van der Waals surface area (Å²) in [5.41, 5.74) is 1.69. The molecule has 2 rings (SSSR count). The average molecular weight is 406 g/mol. The number of carbonyl (C=O) groups is 3. The zero-order valence-corrected chi connectivity index (χ0v) is 15.7. The van der Waals surface area contributed by atoms with Crippen LogP contribution in [-0.2, 0) is 25.5 Å². The van der Waals surface area contributed by atoms with Crippen LogP contribution in [0.15, 0.2) is 60.7 Å². The van der Waals surface area contributed by atoms with Crippen LogP contribution in [0.4, 0.5) is 4.79 Å². The van der Waals surface area contributed by atoms with Crippen molar-refractivity contribution in [3.63, 3.8) is 0 Å². The van der Waals surface area contributed by atoms with Crippen LogP contribution >= 0.6 is 11.6 Å². The quantitative estimate of drug-likeness (QED) is 0.490. The number of carboxylic acid groups (broad SMARTS) is 1. The minimum atomic E-state index is -1.41. The molecule has 8 heteroatoms. The summed E-state index contributed by atoms with van der Waals surface area (Å²) in [6.07, 6.45) is -1.92. The fourth-order valence-electron chi connectivity index (χ4n) is 2.55. The van der Waals surface area contributed by atoms with Crippen molar-refractivity contribution in [2.24, 2.45) is 0 Å². The Morgan fingerprint density at radius 2 is 1.61 bits per heavy atom. The topological polar surface area (TPSA) is 102 Å². The lowest BCUT2D eigenvalue weighted by Gasteiger charge is -2.22. The zero-order chi connectivity index (χ0) is 20.4. The van der Waals surface area contributed by atoms with Gasteiger partial charge in [-0.15, -0.1) is 0 Å². The summed E-state index contributed by atoms with van der Waals surface area (Å²) in [5.74, 6) is -2.15. The Hall–Kier alpha value is -3.06. The highest BCUT2D eigenvalue weighted by molar-refractivity contribution is 6.17. The normalized spacial score (nSPS) is 12.5. The Bertz CT molecular complexity index is 784. The molecule has 0 saturated carbocycles. The third-order valence-electron chi connectivity index (χ3n) is 3.83. The number of rotatable bonds is 9. The monoisotopic (exact) mass is 405 g/mol. The van der Waals surface area contributed by atoms with Crippen molar-refractivity contribution < 1.29 is 29.0 Å². The molecule has 2 aromatic rings. The van der Waals surface area contributed by atoms with Gasteiger partial charge in [0.1, 0.15) is 12.1 Å². The van der Waals surface area contributed by atoms with Crippen molar-refractivity contribution in [1.82, 2.24) is 5.32 Å². The summed E-state index contributed by atoms with van der Waals surface area (Å²) in [5, 5.41) is 11.2. The first-order valence-electron chi connectivity index (χ1n) is 8.50. The molecule has 1 amide bonds. The molecule has 7 nitrogen and oxygen atoms in total. The van der Waals surface area contributed by atoms with E-state index in [2.05, 4.69) is 10.1 Å². The van der Waals surface area contributed by atoms with E-state index in [-0.39, 0.29) is 0 Å². The number of hydrogen-bond donors (Lipinski definition) is 2. The van der Waals surface area contributed by atoms with Crippen LogP contribution in [0.25, 0.3) is 0 Å². The summed E-state index contributed by atoms with van der Waals surface area (Å²) in [7, 11) is 0. The first kappa shape index (κ1) is 21.2. The molecule has 2 unspecified atom stereocenters. The van der Waals surface area contributed by atoms with Gasteiger partial charge in [-0.25, -0.2) is 9.59 Å². The SMILES string of the molecule is O=C(O)CC(NC(=O)OCCl)C(=O)OC(Cc1ccccc1)c1ccccc1. The summed E-state index contributed by atoms with van der Waals surface area (Å²) >= 11 is 5.30. The molecule has 0 heterocycles. The van der Waals surface area contributed by atoms with E-state index in [1.165, 1.54) is 0 Å². The predicted octanol–water partition coefficient (Wildman–Crippen LogP) is 3.28. The molecule has 0 aliphatic rings. The number of amides is 1. The molecule has 0 aromatic heterocycles. The van der Waals surface area contributed by atoms with Crippen LogP contribution in [0.2, 0.25) is 0 Å². The number of carbonyl (C=O) groups excluding carboxylic acids is 2. The smallest absolute Gasteiger partial charge is 0.409 e. The van der Waals surface area contributed by atoms with Crippen LogP contribution in [0.3, 0.4) is 0 Å². The molecule has 0 spiro atoms. The number of nitrogens with one attached hydrogen (secondary N) is 1. The van der Waals surface area contributed by atoms with E-state index in [0.29, 0.717) is 6.42 Å². The summed E-state index contributed by atoms with van der Waals surface area (Å²) in [4.78, 5) is 35.2. The summed E-state index contributed by atoms with van der Waals surface area (Å²) in [6, 6.07) is 16.7. The van der Waals surface area contributed by atoms with Crippen LogP contribution in [0.1, 0.15) is 23.7 Å². The first-order valence-corrected chi connectivity index (χ1v) is 9.03. The van der Waals surface area contributed by atoms with Gasteiger partial charge in [0.15, 0.2) is 6.07 Å². The summed E-state index contributed by atoms with van der Waals surface area (Å²) in [6.45, 7) is 0. The Kier molecular flexibility index (Phi) is 8.30. The molecular formula is C20H20ClNO6. The van der Waals surface area contributed by atoms with E-state index >= 15 is 0 Å². The lowest BCUT2D eigenvalue weighted by atomic mass is 10.0. The van der Waals surface area contributed by atoms with Gasteiger partial charge in [-0.3, -0.25) is 4.79 Å². The molecule has 0 radical (unpaired) electrons. The lowest BCUT2D eigenvalue weighted by molar-refractivity contribution is -0.155. The number of carboxylic acids is 1. The predicted molar refractivity (Wildman–Crippen MR) is 102 cm³/mol. The Morgan fingerprint density at radius 3 is 2.18 bits per heavy atom. The second-order valence-electron chi connectivity index (χ2n) is 5.86. The lowest BCUT2D eigenvalue weighted by Crippen LogP contribution is -2.43. The number of esters is 1. The van der Waals surface area contributed by atoms with E-state index in [9.17, 15) is 14.4 Å². The van der Waals surface area contributed by atoms with Gasteiger partial charge in [-0.2, -0.15) is 0 Å². The Labute approximate surface area is 167 Å². The standard InChI is InChI=1S/C20H20ClNO6/c21-13-27-20(26)22-16(12-18(23)24)19(25)28-17(15-9-5-2-6-10-15)11-14-7-3-1-4-8-14/h1-10,16-17H,11-13H2,(H,22,26)(H,23,24). The molecule has 0 aliphatic heterocycles. The average Bonchev–Trinajstić information content (AvgIpc) is 2.68. The number of aliphatic carboxylic acids is 1. The molecule has 2 N–H and O–H groups in total. The molecule has 0 saturated heterocycles. The molecule has 0 fully saturated rings. The highest BCUT2D eigenvalue weighted by Gasteiger charge is 2.29. The highest BCUT2D eigenvalue weighted by Crippen LogP contribution is 2.23. The van der Waals surface area contributed by atoms with Crippen LogP contribution in [0, 0.1) is 0 Å². The number of ether oxygens (including phenoxy) is 2. The molecule has 0 bridgehead atoms. The second-order valence-corrected chi connectivity index (χ2v) is 6.08. The van der Waals surface area contributed by atoms with Gasteiger partial charge in [0.25, 0.3) is 0 Å². The fraction of sp³-hybridized carbons (Fsp3) is 0.250. The van der Waals surface area contributed by atoms with Crippen LogP contribution < -0.4 is 5.32 Å². The maximum Gasteiger partial charge on any atom is 0.409 e. The van der Waals surface area contributed by atoms with E-state index in [1.807, 2.05) is 60.7 Å². The number of alkyl carbamates (subject to hydrolysis) is 1. The van der Waals surface area contributed by atoms with Gasteiger partial charge >= 0.3 is 18.0 Å². The summed E-state index contributed by atoms with van der Waals surface area (Å²) < 4.78 is 10.1. The van der Waals surface area contributed by atoms with Gasteiger partial charge in [0, 0.05) is 6.42 Å². The van der Waals surface area contributed by atoms with Crippen molar-refractivity contribution in [3.05, 3.63) is 71.8 Å². The maximum absolute atomic E-state index is 12.6. The van der Waals surface area contributed by atoms with E-state index in [4.69, 9.17) is 21.4 Å². The largest absolute Gasteiger partial charge is 0.481 e. The zero-order valence-electron chi connectivity index (χ0n) is 14.9. The van der Waals surface area contributed by atoms with Gasteiger partial charge in [0.2, 0.25) is 0 Å². The third-order valence-corrected chi connectivity index (χ3v) is 3.94. The molecule has 0 aliphatic carbocycles. The van der Waals surface area contributed by atoms with Crippen molar-refractivity contribution in [3.8, 4) is 0 Å². The van der Waals surface area contributed by atoms with Gasteiger partial charge in [0.05, 0.1) is 6.42 Å². The van der Waals surface area contributed by atoms with Crippen LogP contribution in [-0.4, -0.2) is 35.2 Å². The molecule has 28 heavy (non-hydrogen) atoms. The van der Waals surface area contributed by atoms with Crippen LogP contribution in [0.5, 0.6) is 0 Å². The van der Waals surface area contributed by atoms with Crippen molar-refractivity contribution in [2.45, 2.75) is 25.0 Å². The van der Waals surface area contributed by atoms with E-state index < -0.39 is 42.7 Å². The number of hydrogen-bond acceptors (Lipinski definition) is 5. The number of benzene rings is 2. The van der Waals surface area contributed by atoms with E-state index in [0.717, 1.165) is 11.1 Å². The van der Waals surface area contributed by atoms with Crippen molar-refractivity contribution in [1.29, 1.82) is 0 Å². The molecule has 2 atom stereocenters. The Balaban J connectivity index is 2.18. The molecule has 2 aromatic carbocycles. The van der Waals surface area contributed by atoms with E-state index in [1.54, 1.807) is 0 Å². The first-order chi connectivity index (χ1) is 13.5. The van der Waals surface area contributed by atoms with Crippen molar-refractivity contribution in [2.75, 3.05) is 6.07 Å². The minimum Gasteiger partial charge on any atom is -0.481 e. The Morgan fingerprint density at radius 1 is 1.00 bits per heavy atom. The minimum absolute atomic E-state index is 0.391. The maximum atomic E-state index is 12.6. The molecular weight excluding hydrogens is 386 g/mol. The van der Waals surface area contributed by atoms with Gasteiger partial charge in [-0.05, 0) is 11.1 Å². The number of halogens is 1. The third kappa shape index (κ3) is 6.92.